The lowest BCUT2D eigenvalue weighted by Crippen LogP contribution is -1.95. The van der Waals surface area contributed by atoms with Crippen LogP contribution in [-0.4, -0.2) is 0 Å². The van der Waals surface area contributed by atoms with Crippen molar-refractivity contribution in [2.24, 2.45) is 0 Å². The average molecular weight is 175 g/mol. The monoisotopic (exact) mass is 174 g/mol. The van der Waals surface area contributed by atoms with Crippen molar-refractivity contribution in [3.8, 4) is 0 Å². The van der Waals surface area contributed by atoms with E-state index < -0.39 is 0 Å². The van der Waals surface area contributed by atoms with E-state index in [-0.39, 0.29) is 5.43 Å². The van der Waals surface area contributed by atoms with Crippen molar-refractivity contribution in [2.75, 3.05) is 0 Å². The van der Waals surface area contributed by atoms with E-state index in [4.69, 9.17) is 0 Å². The predicted molar refractivity (Wildman–Crippen MR) is 32.7 cm³/mol. The Balaban J connectivity index is 3.35. The van der Waals surface area contributed by atoms with E-state index in [1.165, 1.54) is 18.6 Å². The summed E-state index contributed by atoms with van der Waals surface area (Å²) in [6.45, 7) is 0. The molecule has 0 unspecified atom stereocenters. The van der Waals surface area contributed by atoms with E-state index >= 15 is 0 Å². The second kappa shape index (κ2) is 2.13. The normalized spacial score (nSPS) is 9.12. The zero-order valence-electron chi connectivity index (χ0n) is 3.93. The lowest BCUT2D eigenvalue weighted by atomic mass is 10.5. The van der Waals surface area contributed by atoms with Gasteiger partial charge >= 0.3 is 0 Å². The van der Waals surface area contributed by atoms with Gasteiger partial charge in [-0.05, 0) is 15.9 Å². The molecule has 0 amide bonds. The number of halogens is 1. The van der Waals surface area contributed by atoms with Crippen LogP contribution in [0.3, 0.4) is 0 Å². The number of rotatable bonds is 0. The summed E-state index contributed by atoms with van der Waals surface area (Å²) in [5.74, 6) is 0. The van der Waals surface area contributed by atoms with Crippen molar-refractivity contribution in [1.82, 2.24) is 0 Å². The van der Waals surface area contributed by atoms with E-state index in [9.17, 15) is 4.79 Å². The van der Waals surface area contributed by atoms with E-state index in [1.807, 2.05) is 0 Å². The van der Waals surface area contributed by atoms with Crippen LogP contribution < -0.4 is 5.43 Å². The van der Waals surface area contributed by atoms with Crippen LogP contribution in [0.25, 0.3) is 0 Å². The van der Waals surface area contributed by atoms with Gasteiger partial charge in [0.2, 0.25) is 0 Å². The smallest absolute Gasteiger partial charge is 0.198 e. The minimum absolute atomic E-state index is 0.0590. The molecule has 2 nitrogen and oxygen atoms in total. The Morgan fingerprint density at radius 3 is 2.75 bits per heavy atom. The molecule has 0 N–H and O–H groups in total. The van der Waals surface area contributed by atoms with Gasteiger partial charge < -0.3 is 4.42 Å². The number of hydrogen-bond acceptors (Lipinski definition) is 2. The van der Waals surface area contributed by atoms with Gasteiger partial charge in [-0.2, -0.15) is 0 Å². The Morgan fingerprint density at radius 2 is 2.38 bits per heavy atom. The summed E-state index contributed by atoms with van der Waals surface area (Å²) in [4.78, 5) is 10.5. The molecule has 1 rings (SSSR count). The fourth-order valence-corrected chi connectivity index (χ4v) is 0.578. The highest BCUT2D eigenvalue weighted by molar-refractivity contribution is 9.10. The standard InChI is InChI=1S/C5H3BrO2/c6-4-3-8-2-1-5(4)7/h1-3H. The molecule has 0 atom stereocenters. The molecule has 8 heavy (non-hydrogen) atoms. The van der Waals surface area contributed by atoms with Gasteiger partial charge in [-0.3, -0.25) is 4.79 Å². The molecule has 0 radical (unpaired) electrons. The molecule has 0 aliphatic rings. The van der Waals surface area contributed by atoms with Crippen molar-refractivity contribution in [2.45, 2.75) is 0 Å². The Hall–Kier alpha value is -0.570. The van der Waals surface area contributed by atoms with E-state index in [1.54, 1.807) is 0 Å². The van der Waals surface area contributed by atoms with Crippen LogP contribution in [0.15, 0.2) is 32.3 Å². The van der Waals surface area contributed by atoms with Crippen LogP contribution in [0.5, 0.6) is 0 Å². The van der Waals surface area contributed by atoms with Crippen LogP contribution in [0, 0.1) is 0 Å². The van der Waals surface area contributed by atoms with Gasteiger partial charge in [0.15, 0.2) is 5.43 Å². The molecule has 42 valence electrons. The van der Waals surface area contributed by atoms with Crippen LogP contribution >= 0.6 is 15.9 Å². The summed E-state index contributed by atoms with van der Waals surface area (Å²) in [7, 11) is 0. The Kier molecular flexibility index (Phi) is 1.48. The van der Waals surface area contributed by atoms with Crippen LogP contribution in [0.2, 0.25) is 0 Å². The molecule has 1 heterocycles. The first-order valence-corrected chi connectivity index (χ1v) is 2.82. The Bertz CT molecular complexity index is 228. The molecule has 0 spiro atoms. The van der Waals surface area contributed by atoms with Crippen molar-refractivity contribution >= 4 is 15.9 Å². The molecule has 1 aromatic rings. The molecule has 0 aliphatic carbocycles. The third kappa shape index (κ3) is 0.980. The Morgan fingerprint density at radius 1 is 1.62 bits per heavy atom. The maximum atomic E-state index is 10.5. The van der Waals surface area contributed by atoms with Crippen molar-refractivity contribution < 1.29 is 4.42 Å². The van der Waals surface area contributed by atoms with Crippen LogP contribution in [0.1, 0.15) is 0 Å². The summed E-state index contributed by atoms with van der Waals surface area (Å²) in [5, 5.41) is 0. The summed E-state index contributed by atoms with van der Waals surface area (Å²) in [6.07, 6.45) is 2.69. The quantitative estimate of drug-likeness (QED) is 0.596. The van der Waals surface area contributed by atoms with E-state index in [0.717, 1.165) is 0 Å². The molecule has 0 aliphatic heterocycles. The minimum atomic E-state index is -0.0590. The van der Waals surface area contributed by atoms with Crippen LogP contribution in [0.4, 0.5) is 0 Å². The molecular formula is C5H3BrO2. The van der Waals surface area contributed by atoms with Gasteiger partial charge in [-0.1, -0.05) is 0 Å². The molecule has 0 aromatic carbocycles. The summed E-state index contributed by atoms with van der Waals surface area (Å²) in [6, 6.07) is 1.35. The Labute approximate surface area is 54.3 Å². The molecule has 0 fully saturated rings. The second-order valence-electron chi connectivity index (χ2n) is 1.27. The largest absolute Gasteiger partial charge is 0.471 e. The third-order valence-corrected chi connectivity index (χ3v) is 1.28. The van der Waals surface area contributed by atoms with E-state index in [2.05, 4.69) is 20.3 Å². The highest BCUT2D eigenvalue weighted by Crippen LogP contribution is 1.98. The first-order chi connectivity index (χ1) is 3.80. The molecule has 0 saturated carbocycles. The third-order valence-electron chi connectivity index (χ3n) is 0.705. The van der Waals surface area contributed by atoms with Crippen molar-refractivity contribution in [3.05, 3.63) is 33.3 Å². The maximum Gasteiger partial charge on any atom is 0.198 e. The first-order valence-electron chi connectivity index (χ1n) is 2.03. The lowest BCUT2D eigenvalue weighted by molar-refractivity contribution is 0.545. The fourth-order valence-electron chi connectivity index (χ4n) is 0.338. The zero-order chi connectivity index (χ0) is 5.98. The van der Waals surface area contributed by atoms with Gasteiger partial charge in [-0.15, -0.1) is 0 Å². The van der Waals surface area contributed by atoms with E-state index in [0.29, 0.717) is 4.47 Å². The minimum Gasteiger partial charge on any atom is -0.471 e. The molecule has 3 heteroatoms. The molecular weight excluding hydrogens is 172 g/mol. The van der Waals surface area contributed by atoms with Gasteiger partial charge in [0, 0.05) is 6.07 Å². The highest BCUT2D eigenvalue weighted by Gasteiger charge is 1.88. The van der Waals surface area contributed by atoms with Gasteiger partial charge in [-0.25, -0.2) is 0 Å². The molecule has 0 saturated heterocycles. The topological polar surface area (TPSA) is 30.2 Å². The molecule has 1 aromatic heterocycles. The van der Waals surface area contributed by atoms with Crippen LogP contribution in [-0.2, 0) is 0 Å². The highest BCUT2D eigenvalue weighted by atomic mass is 79.9. The maximum absolute atomic E-state index is 10.5. The van der Waals surface area contributed by atoms with Gasteiger partial charge in [0.05, 0.1) is 6.26 Å². The average Bonchev–Trinajstić information content (AvgIpc) is 1.77. The summed E-state index contributed by atoms with van der Waals surface area (Å²) >= 11 is 2.99. The number of hydrogen-bond donors (Lipinski definition) is 0. The van der Waals surface area contributed by atoms with Crippen molar-refractivity contribution in [1.29, 1.82) is 0 Å². The van der Waals surface area contributed by atoms with Gasteiger partial charge in [0.1, 0.15) is 10.7 Å². The summed E-state index contributed by atoms with van der Waals surface area (Å²) < 4.78 is 5.10. The predicted octanol–water partition coefficient (Wildman–Crippen LogP) is 1.40. The first kappa shape index (κ1) is 5.56. The fraction of sp³-hybridized carbons (Fsp3) is 0. The SMILES string of the molecule is O=c1ccocc1Br. The summed E-state index contributed by atoms with van der Waals surface area (Å²) in [5.41, 5.74) is -0.0590. The van der Waals surface area contributed by atoms with Gasteiger partial charge in [0.25, 0.3) is 0 Å². The second-order valence-corrected chi connectivity index (χ2v) is 2.12. The zero-order valence-corrected chi connectivity index (χ0v) is 5.51. The lowest BCUT2D eigenvalue weighted by Gasteiger charge is -1.80. The van der Waals surface area contributed by atoms with Crippen molar-refractivity contribution in [3.63, 3.8) is 0 Å². The molecule has 0 bridgehead atoms.